The van der Waals surface area contributed by atoms with E-state index in [-0.39, 0.29) is 26.4 Å². The highest BCUT2D eigenvalue weighted by Gasteiger charge is 2.05. The molecule has 0 aliphatic carbocycles. The molecule has 0 fully saturated rings. The average molecular weight is 180 g/mol. The lowest BCUT2D eigenvalue weighted by atomic mass is 10.4. The Balaban J connectivity index is 3.18. The molecule has 0 saturated heterocycles. The standard InChI is InChI=1S/C6H16N2O4/c7-1-5(9)2-11-3-6(10)4-12-8/h5-6,9-10H,1-4,7-8H2. The van der Waals surface area contributed by atoms with E-state index in [2.05, 4.69) is 4.84 Å². The minimum Gasteiger partial charge on any atom is -0.389 e. The number of hydrogen-bond donors (Lipinski definition) is 4. The minimum absolute atomic E-state index is 0.0126. The summed E-state index contributed by atoms with van der Waals surface area (Å²) in [6, 6.07) is 0. The van der Waals surface area contributed by atoms with E-state index in [0.717, 1.165) is 0 Å². The molecule has 0 saturated carbocycles. The summed E-state index contributed by atoms with van der Waals surface area (Å²) in [6.45, 7) is 0.342. The van der Waals surface area contributed by atoms with Crippen LogP contribution in [0.4, 0.5) is 0 Å². The molecule has 0 amide bonds. The summed E-state index contributed by atoms with van der Waals surface area (Å²) in [4.78, 5) is 4.17. The second-order valence-electron chi connectivity index (χ2n) is 2.41. The van der Waals surface area contributed by atoms with E-state index in [1.807, 2.05) is 0 Å². The fourth-order valence-electron chi connectivity index (χ4n) is 0.567. The van der Waals surface area contributed by atoms with Crippen LogP contribution < -0.4 is 11.6 Å². The van der Waals surface area contributed by atoms with Gasteiger partial charge in [0, 0.05) is 6.54 Å². The molecule has 0 aliphatic rings. The maximum Gasteiger partial charge on any atom is 0.103 e. The van der Waals surface area contributed by atoms with Gasteiger partial charge in [-0.1, -0.05) is 0 Å². The van der Waals surface area contributed by atoms with Crippen LogP contribution in [0.25, 0.3) is 0 Å². The van der Waals surface area contributed by atoms with Gasteiger partial charge in [-0.05, 0) is 0 Å². The van der Waals surface area contributed by atoms with E-state index in [0.29, 0.717) is 0 Å². The number of ether oxygens (including phenoxy) is 1. The Morgan fingerprint density at radius 2 is 1.67 bits per heavy atom. The van der Waals surface area contributed by atoms with Gasteiger partial charge in [-0.3, -0.25) is 0 Å². The predicted molar refractivity (Wildman–Crippen MR) is 42.0 cm³/mol. The molecule has 0 rings (SSSR count). The lowest BCUT2D eigenvalue weighted by Crippen LogP contribution is -2.29. The van der Waals surface area contributed by atoms with Crippen molar-refractivity contribution in [1.82, 2.24) is 0 Å². The van der Waals surface area contributed by atoms with Crippen molar-refractivity contribution in [3.8, 4) is 0 Å². The zero-order chi connectivity index (χ0) is 9.40. The molecule has 2 unspecified atom stereocenters. The summed E-state index contributed by atoms with van der Waals surface area (Å²) in [7, 11) is 0. The van der Waals surface area contributed by atoms with E-state index in [9.17, 15) is 0 Å². The fourth-order valence-corrected chi connectivity index (χ4v) is 0.567. The largest absolute Gasteiger partial charge is 0.389 e. The van der Waals surface area contributed by atoms with Gasteiger partial charge in [0.15, 0.2) is 0 Å². The van der Waals surface area contributed by atoms with E-state index in [1.165, 1.54) is 0 Å². The summed E-state index contributed by atoms with van der Waals surface area (Å²) >= 11 is 0. The normalized spacial score (nSPS) is 16.0. The number of hydrogen-bond acceptors (Lipinski definition) is 6. The Kier molecular flexibility index (Phi) is 7.26. The summed E-state index contributed by atoms with van der Waals surface area (Å²) < 4.78 is 4.89. The van der Waals surface area contributed by atoms with Crippen molar-refractivity contribution >= 4 is 0 Å². The topological polar surface area (TPSA) is 111 Å². The van der Waals surface area contributed by atoms with Gasteiger partial charge < -0.3 is 25.5 Å². The molecule has 6 heteroatoms. The molecular weight excluding hydrogens is 164 g/mol. The Bertz CT molecular complexity index is 104. The van der Waals surface area contributed by atoms with Crippen LogP contribution in [0.3, 0.4) is 0 Å². The van der Waals surface area contributed by atoms with Crippen LogP contribution in [0.5, 0.6) is 0 Å². The van der Waals surface area contributed by atoms with Crippen LogP contribution >= 0.6 is 0 Å². The van der Waals surface area contributed by atoms with Gasteiger partial charge in [-0.15, -0.1) is 0 Å². The zero-order valence-corrected chi connectivity index (χ0v) is 6.85. The maximum absolute atomic E-state index is 8.99. The van der Waals surface area contributed by atoms with Gasteiger partial charge in [0.25, 0.3) is 0 Å². The third kappa shape index (κ3) is 6.47. The van der Waals surface area contributed by atoms with Crippen LogP contribution in [0.15, 0.2) is 0 Å². The van der Waals surface area contributed by atoms with Gasteiger partial charge in [-0.2, -0.15) is 0 Å². The van der Waals surface area contributed by atoms with Crippen LogP contribution in [0, 0.1) is 0 Å². The van der Waals surface area contributed by atoms with Crippen molar-refractivity contribution in [2.45, 2.75) is 12.2 Å². The first-order valence-corrected chi connectivity index (χ1v) is 3.66. The minimum atomic E-state index is -0.764. The first kappa shape index (κ1) is 11.8. The van der Waals surface area contributed by atoms with E-state index in [1.54, 1.807) is 0 Å². The summed E-state index contributed by atoms with van der Waals surface area (Å²) in [5.74, 6) is 4.70. The average Bonchev–Trinajstić information content (AvgIpc) is 2.04. The van der Waals surface area contributed by atoms with Crippen molar-refractivity contribution < 1.29 is 19.8 Å². The zero-order valence-electron chi connectivity index (χ0n) is 6.85. The lowest BCUT2D eigenvalue weighted by Gasteiger charge is -2.11. The second kappa shape index (κ2) is 7.41. The van der Waals surface area contributed by atoms with E-state index in [4.69, 9.17) is 26.6 Å². The maximum atomic E-state index is 8.99. The Morgan fingerprint density at radius 1 is 1.08 bits per heavy atom. The highest BCUT2D eigenvalue weighted by molar-refractivity contribution is 4.55. The number of rotatable bonds is 7. The van der Waals surface area contributed by atoms with Crippen molar-refractivity contribution in [3.63, 3.8) is 0 Å². The predicted octanol–water partition coefficient (Wildman–Crippen LogP) is -2.43. The molecule has 12 heavy (non-hydrogen) atoms. The van der Waals surface area contributed by atoms with Gasteiger partial charge in [0.05, 0.1) is 25.9 Å². The van der Waals surface area contributed by atoms with Crippen LogP contribution in [0.1, 0.15) is 0 Å². The molecule has 0 heterocycles. The third-order valence-electron chi connectivity index (χ3n) is 1.18. The molecule has 0 aliphatic heterocycles. The summed E-state index contributed by atoms with van der Waals surface area (Å²) in [6.07, 6.45) is -1.45. The molecule has 0 bridgehead atoms. The fraction of sp³-hybridized carbons (Fsp3) is 1.00. The van der Waals surface area contributed by atoms with Crippen LogP contribution in [0.2, 0.25) is 0 Å². The van der Waals surface area contributed by atoms with E-state index < -0.39 is 12.2 Å². The monoisotopic (exact) mass is 180 g/mol. The van der Waals surface area contributed by atoms with Crippen molar-refractivity contribution in [1.29, 1.82) is 0 Å². The lowest BCUT2D eigenvalue weighted by molar-refractivity contribution is -0.0382. The quantitative estimate of drug-likeness (QED) is 0.324. The highest BCUT2D eigenvalue weighted by atomic mass is 16.6. The van der Waals surface area contributed by atoms with Gasteiger partial charge >= 0.3 is 0 Å². The molecule has 74 valence electrons. The van der Waals surface area contributed by atoms with Gasteiger partial charge in [-0.25, -0.2) is 5.90 Å². The molecule has 6 N–H and O–H groups in total. The molecule has 2 atom stereocenters. The molecular formula is C6H16N2O4. The van der Waals surface area contributed by atoms with Gasteiger partial charge in [0.1, 0.15) is 6.10 Å². The van der Waals surface area contributed by atoms with Crippen molar-refractivity contribution in [2.75, 3.05) is 26.4 Å². The second-order valence-corrected chi connectivity index (χ2v) is 2.41. The Hall–Kier alpha value is -0.240. The van der Waals surface area contributed by atoms with Crippen LogP contribution in [-0.2, 0) is 9.57 Å². The Morgan fingerprint density at radius 3 is 2.17 bits per heavy atom. The van der Waals surface area contributed by atoms with Crippen LogP contribution in [-0.4, -0.2) is 48.8 Å². The Labute approximate surface area is 71.0 Å². The summed E-state index contributed by atoms with van der Waals surface area (Å²) in [5, 5.41) is 17.9. The molecule has 6 nitrogen and oxygen atoms in total. The molecule has 0 radical (unpaired) electrons. The highest BCUT2D eigenvalue weighted by Crippen LogP contribution is 1.87. The van der Waals surface area contributed by atoms with Crippen molar-refractivity contribution in [2.24, 2.45) is 11.6 Å². The molecule has 0 spiro atoms. The number of aliphatic hydroxyl groups is 2. The number of aliphatic hydroxyl groups excluding tert-OH is 2. The SMILES string of the molecule is NCC(O)COCC(O)CON. The first-order chi connectivity index (χ1) is 5.70. The number of nitrogens with two attached hydrogens (primary N) is 2. The van der Waals surface area contributed by atoms with Crippen molar-refractivity contribution in [3.05, 3.63) is 0 Å². The van der Waals surface area contributed by atoms with Gasteiger partial charge in [0.2, 0.25) is 0 Å². The summed E-state index contributed by atoms with van der Waals surface area (Å²) in [5.41, 5.74) is 5.11. The molecule has 0 aromatic rings. The first-order valence-electron chi connectivity index (χ1n) is 3.66. The van der Waals surface area contributed by atoms with E-state index >= 15 is 0 Å². The third-order valence-corrected chi connectivity index (χ3v) is 1.18. The smallest absolute Gasteiger partial charge is 0.103 e. The molecule has 0 aromatic carbocycles. The molecule has 0 aromatic heterocycles.